The smallest absolute Gasteiger partial charge is 0.142 e. The molecule has 124 valence electrons. The molecule has 0 radical (unpaired) electrons. The van der Waals surface area contributed by atoms with Crippen LogP contribution in [0.25, 0.3) is 0 Å². The Morgan fingerprint density at radius 3 is 2.79 bits per heavy atom. The van der Waals surface area contributed by atoms with Crippen molar-refractivity contribution in [1.29, 1.82) is 5.26 Å². The van der Waals surface area contributed by atoms with E-state index in [1.165, 1.54) is 18.4 Å². The van der Waals surface area contributed by atoms with Gasteiger partial charge in [-0.2, -0.15) is 5.26 Å². The highest BCUT2D eigenvalue weighted by molar-refractivity contribution is 5.39. The average Bonchev–Trinajstić information content (AvgIpc) is 3.17. The van der Waals surface area contributed by atoms with Crippen molar-refractivity contribution in [2.24, 2.45) is 0 Å². The van der Waals surface area contributed by atoms with E-state index < -0.39 is 0 Å². The van der Waals surface area contributed by atoms with Crippen molar-refractivity contribution < 1.29 is 4.74 Å². The van der Waals surface area contributed by atoms with E-state index in [0.29, 0.717) is 5.69 Å². The van der Waals surface area contributed by atoms with Crippen LogP contribution in [0.3, 0.4) is 0 Å². The van der Waals surface area contributed by atoms with Gasteiger partial charge >= 0.3 is 0 Å². The van der Waals surface area contributed by atoms with Crippen LogP contribution in [0.4, 0.5) is 5.82 Å². The summed E-state index contributed by atoms with van der Waals surface area (Å²) in [4.78, 5) is 6.80. The van der Waals surface area contributed by atoms with Crippen molar-refractivity contribution >= 4 is 5.82 Å². The molecule has 0 amide bonds. The van der Waals surface area contributed by atoms with Gasteiger partial charge in [0.1, 0.15) is 23.3 Å². The molecule has 1 aromatic heterocycles. The number of benzene rings is 1. The summed E-state index contributed by atoms with van der Waals surface area (Å²) in [5.41, 5.74) is 1.67. The van der Waals surface area contributed by atoms with E-state index in [1.54, 1.807) is 13.2 Å². The summed E-state index contributed by atoms with van der Waals surface area (Å²) in [7, 11) is 1.69. The minimum absolute atomic E-state index is 0.259. The van der Waals surface area contributed by atoms with Gasteiger partial charge in [0.2, 0.25) is 0 Å². The molecule has 1 aliphatic rings. The fourth-order valence-electron chi connectivity index (χ4n) is 3.16. The number of hydrogen-bond donors (Lipinski definition) is 1. The van der Waals surface area contributed by atoms with Crippen LogP contribution >= 0.6 is 0 Å². The molecule has 1 saturated heterocycles. The zero-order valence-electron chi connectivity index (χ0n) is 13.9. The van der Waals surface area contributed by atoms with E-state index in [1.807, 2.05) is 24.3 Å². The number of nitrogens with one attached hydrogen (secondary N) is 1. The Labute approximate surface area is 142 Å². The van der Waals surface area contributed by atoms with E-state index in [4.69, 9.17) is 10.00 Å². The first-order valence-corrected chi connectivity index (χ1v) is 8.29. The van der Waals surface area contributed by atoms with Gasteiger partial charge in [0.05, 0.1) is 13.2 Å². The first-order chi connectivity index (χ1) is 11.8. The summed E-state index contributed by atoms with van der Waals surface area (Å²) >= 11 is 0. The monoisotopic (exact) mass is 322 g/mol. The summed E-state index contributed by atoms with van der Waals surface area (Å²) in [5, 5.41) is 12.4. The van der Waals surface area contributed by atoms with Gasteiger partial charge in [0, 0.05) is 6.54 Å². The summed E-state index contributed by atoms with van der Waals surface area (Å²) in [5.74, 6) is 1.61. The second-order valence-corrected chi connectivity index (χ2v) is 5.94. The zero-order valence-corrected chi connectivity index (χ0v) is 13.9. The molecule has 0 aliphatic carbocycles. The molecule has 5 nitrogen and oxygen atoms in total. The number of rotatable bonds is 6. The number of nitrogens with zero attached hydrogens (tertiary/aromatic N) is 3. The molecule has 1 aliphatic heterocycles. The lowest BCUT2D eigenvalue weighted by atomic mass is 10.0. The van der Waals surface area contributed by atoms with Crippen LogP contribution in [0.5, 0.6) is 5.75 Å². The van der Waals surface area contributed by atoms with Crippen LogP contribution in [-0.4, -0.2) is 36.6 Å². The first kappa shape index (κ1) is 16.3. The van der Waals surface area contributed by atoms with Crippen LogP contribution in [0.15, 0.2) is 42.5 Å². The largest absolute Gasteiger partial charge is 0.497 e. The number of aromatic nitrogens is 1. The number of hydrogen-bond acceptors (Lipinski definition) is 5. The molecular weight excluding hydrogens is 300 g/mol. The molecule has 1 N–H and O–H groups in total. The van der Waals surface area contributed by atoms with Crippen LogP contribution < -0.4 is 10.1 Å². The Hall–Kier alpha value is -2.58. The number of anilines is 1. The maximum Gasteiger partial charge on any atom is 0.142 e. The van der Waals surface area contributed by atoms with Gasteiger partial charge in [-0.3, -0.25) is 4.90 Å². The quantitative estimate of drug-likeness (QED) is 0.885. The minimum atomic E-state index is 0.259. The third kappa shape index (κ3) is 3.84. The van der Waals surface area contributed by atoms with E-state index in [-0.39, 0.29) is 6.04 Å². The van der Waals surface area contributed by atoms with Gasteiger partial charge < -0.3 is 10.1 Å². The van der Waals surface area contributed by atoms with Crippen LogP contribution in [0.2, 0.25) is 0 Å². The number of methoxy groups -OCH3 is 1. The van der Waals surface area contributed by atoms with Crippen molar-refractivity contribution in [1.82, 2.24) is 9.88 Å². The Morgan fingerprint density at radius 2 is 2.04 bits per heavy atom. The molecule has 0 bridgehead atoms. The fraction of sp³-hybridized carbons (Fsp3) is 0.368. The molecular formula is C19H22N4O. The Balaban J connectivity index is 1.78. The number of likely N-dealkylation sites (tertiary alicyclic amines) is 1. The van der Waals surface area contributed by atoms with E-state index in [9.17, 15) is 0 Å². The van der Waals surface area contributed by atoms with Gasteiger partial charge in [-0.05, 0) is 55.8 Å². The molecule has 1 aromatic carbocycles. The molecule has 5 heteroatoms. The molecule has 2 heterocycles. The lowest BCUT2D eigenvalue weighted by molar-refractivity contribution is 0.255. The maximum atomic E-state index is 8.99. The van der Waals surface area contributed by atoms with Crippen LogP contribution in [0.1, 0.15) is 30.1 Å². The van der Waals surface area contributed by atoms with E-state index in [2.05, 4.69) is 33.4 Å². The van der Waals surface area contributed by atoms with Crippen LogP contribution in [-0.2, 0) is 0 Å². The summed E-state index contributed by atoms with van der Waals surface area (Å²) in [6.07, 6.45) is 2.48. The number of pyridine rings is 1. The van der Waals surface area contributed by atoms with E-state index in [0.717, 1.165) is 31.2 Å². The molecule has 3 rings (SSSR count). The predicted molar refractivity (Wildman–Crippen MR) is 94.0 cm³/mol. The van der Waals surface area contributed by atoms with Gasteiger partial charge in [-0.15, -0.1) is 0 Å². The summed E-state index contributed by atoms with van der Waals surface area (Å²) < 4.78 is 5.37. The van der Waals surface area contributed by atoms with Gasteiger partial charge in [-0.25, -0.2) is 4.98 Å². The van der Waals surface area contributed by atoms with Crippen molar-refractivity contribution in [3.63, 3.8) is 0 Å². The third-order valence-corrected chi connectivity index (χ3v) is 4.40. The predicted octanol–water partition coefficient (Wildman–Crippen LogP) is 3.21. The fourth-order valence-corrected chi connectivity index (χ4v) is 3.16. The Morgan fingerprint density at radius 1 is 1.25 bits per heavy atom. The van der Waals surface area contributed by atoms with Gasteiger partial charge in [0.25, 0.3) is 0 Å². The Bertz CT molecular complexity index is 719. The lowest BCUT2D eigenvalue weighted by Crippen LogP contribution is -2.31. The molecule has 0 saturated carbocycles. The van der Waals surface area contributed by atoms with Crippen molar-refractivity contribution in [2.45, 2.75) is 18.9 Å². The summed E-state index contributed by atoms with van der Waals surface area (Å²) in [6, 6.07) is 16.0. The first-order valence-electron chi connectivity index (χ1n) is 8.29. The van der Waals surface area contributed by atoms with Crippen molar-refractivity contribution in [2.75, 3.05) is 32.1 Å². The molecule has 24 heavy (non-hydrogen) atoms. The lowest BCUT2D eigenvalue weighted by Gasteiger charge is -2.28. The summed E-state index contributed by atoms with van der Waals surface area (Å²) in [6.45, 7) is 2.96. The molecule has 1 atom stereocenters. The second-order valence-electron chi connectivity index (χ2n) is 5.94. The van der Waals surface area contributed by atoms with Crippen molar-refractivity contribution in [3.05, 3.63) is 53.7 Å². The minimum Gasteiger partial charge on any atom is -0.497 e. The maximum absolute atomic E-state index is 8.99. The van der Waals surface area contributed by atoms with Gasteiger partial charge in [0.15, 0.2) is 0 Å². The normalized spacial score (nSPS) is 15.7. The topological polar surface area (TPSA) is 61.2 Å². The molecule has 1 unspecified atom stereocenters. The van der Waals surface area contributed by atoms with E-state index >= 15 is 0 Å². The second kappa shape index (κ2) is 7.80. The highest BCUT2D eigenvalue weighted by Gasteiger charge is 2.23. The third-order valence-electron chi connectivity index (χ3n) is 4.40. The van der Waals surface area contributed by atoms with Crippen LogP contribution in [0, 0.1) is 11.3 Å². The van der Waals surface area contributed by atoms with Gasteiger partial charge in [-0.1, -0.05) is 18.2 Å². The van der Waals surface area contributed by atoms with Crippen molar-refractivity contribution in [3.8, 4) is 11.8 Å². The highest BCUT2D eigenvalue weighted by Crippen LogP contribution is 2.27. The average molecular weight is 322 g/mol. The molecule has 2 aromatic rings. The number of ether oxygens (including phenoxy) is 1. The molecule has 0 spiro atoms. The SMILES string of the molecule is COc1cccc(C(CNc2cccc(C#N)n2)N2CCCC2)c1. The highest BCUT2D eigenvalue weighted by atomic mass is 16.5. The molecule has 1 fully saturated rings. The standard InChI is InChI=1S/C19H22N4O/c1-24-17-8-4-6-15(12-17)18(23-10-2-3-11-23)14-21-19-9-5-7-16(13-20)22-19/h4-9,12,18H,2-3,10-11,14H2,1H3,(H,21,22). The zero-order chi connectivity index (χ0) is 16.8. The Kier molecular flexibility index (Phi) is 5.29. The number of nitriles is 1.